The van der Waals surface area contributed by atoms with Gasteiger partial charge in [0.05, 0.1) is 22.2 Å². The molecular weight excluding hydrogens is 583 g/mol. The van der Waals surface area contributed by atoms with Crippen molar-refractivity contribution in [1.29, 1.82) is 0 Å². The number of rotatable bonds is 6. The van der Waals surface area contributed by atoms with Crippen LogP contribution in [0.2, 0.25) is 10.0 Å². The molecule has 0 atom stereocenters. The van der Waals surface area contributed by atoms with Crippen LogP contribution in [0.25, 0.3) is 6.08 Å². The zero-order valence-corrected chi connectivity index (χ0v) is 21.3. The van der Waals surface area contributed by atoms with Crippen LogP contribution in [0.5, 0.6) is 5.75 Å². The van der Waals surface area contributed by atoms with E-state index in [1.165, 1.54) is 12.1 Å². The first-order chi connectivity index (χ1) is 15.3. The lowest BCUT2D eigenvalue weighted by atomic mass is 10.2. The average Bonchev–Trinajstić information content (AvgIpc) is 2.73. The maximum atomic E-state index is 12.4. The molecule has 0 aliphatic carbocycles. The van der Waals surface area contributed by atoms with E-state index in [1.54, 1.807) is 49.6 Å². The molecule has 5 nitrogen and oxygen atoms in total. The summed E-state index contributed by atoms with van der Waals surface area (Å²) in [6.07, 6.45) is 3.07. The Kier molecular flexibility index (Phi) is 8.37. The van der Waals surface area contributed by atoms with Crippen LogP contribution in [-0.4, -0.2) is 18.9 Å². The molecule has 0 heterocycles. The van der Waals surface area contributed by atoms with Crippen LogP contribution in [-0.2, 0) is 4.79 Å². The number of ether oxygens (including phenoxy) is 1. The molecule has 3 aromatic carbocycles. The minimum absolute atomic E-state index is 0.264. The van der Waals surface area contributed by atoms with Crippen LogP contribution in [0.15, 0.2) is 69.6 Å². The first-order valence-electron chi connectivity index (χ1n) is 9.15. The molecular formula is C23H16Br2Cl2N2O3. The fourth-order valence-corrected chi connectivity index (χ4v) is 4.69. The van der Waals surface area contributed by atoms with Gasteiger partial charge in [-0.15, -0.1) is 0 Å². The number of carbonyl (C=O) groups is 2. The lowest BCUT2D eigenvalue weighted by Gasteiger charge is -2.09. The van der Waals surface area contributed by atoms with Crippen molar-refractivity contribution in [3.05, 3.63) is 90.8 Å². The van der Waals surface area contributed by atoms with Crippen molar-refractivity contribution in [3.63, 3.8) is 0 Å². The van der Waals surface area contributed by atoms with Gasteiger partial charge in [0.15, 0.2) is 0 Å². The molecule has 0 fully saturated rings. The number of nitrogens with one attached hydrogen (secondary N) is 2. The Morgan fingerprint density at radius 2 is 1.59 bits per heavy atom. The zero-order chi connectivity index (χ0) is 23.3. The highest BCUT2D eigenvalue weighted by molar-refractivity contribution is 9.11. The Bertz CT molecular complexity index is 1200. The predicted molar refractivity (Wildman–Crippen MR) is 137 cm³/mol. The predicted octanol–water partition coefficient (Wildman–Crippen LogP) is 7.43. The second-order valence-electron chi connectivity index (χ2n) is 6.49. The third-order valence-electron chi connectivity index (χ3n) is 4.24. The molecule has 0 bridgehead atoms. The summed E-state index contributed by atoms with van der Waals surface area (Å²) in [5, 5.41) is 6.24. The summed E-state index contributed by atoms with van der Waals surface area (Å²) >= 11 is 18.8. The van der Waals surface area contributed by atoms with Gasteiger partial charge in [0.2, 0.25) is 5.91 Å². The van der Waals surface area contributed by atoms with Gasteiger partial charge in [0, 0.05) is 32.5 Å². The zero-order valence-electron chi connectivity index (χ0n) is 16.6. The van der Waals surface area contributed by atoms with Gasteiger partial charge >= 0.3 is 0 Å². The van der Waals surface area contributed by atoms with Crippen LogP contribution in [0, 0.1) is 0 Å². The molecule has 32 heavy (non-hydrogen) atoms. The highest BCUT2D eigenvalue weighted by Gasteiger charge is 2.11. The normalized spacial score (nSPS) is 10.8. The number of hydrogen-bond acceptors (Lipinski definition) is 3. The third-order valence-corrected chi connectivity index (χ3v) is 5.84. The molecule has 0 radical (unpaired) electrons. The Balaban J connectivity index is 1.64. The molecule has 0 saturated carbocycles. The van der Waals surface area contributed by atoms with E-state index in [4.69, 9.17) is 27.9 Å². The van der Waals surface area contributed by atoms with E-state index in [0.29, 0.717) is 27.7 Å². The molecule has 0 aliphatic rings. The van der Waals surface area contributed by atoms with E-state index in [2.05, 4.69) is 42.5 Å². The molecule has 0 aliphatic heterocycles. The molecule has 0 aromatic heterocycles. The van der Waals surface area contributed by atoms with E-state index in [0.717, 1.165) is 14.5 Å². The monoisotopic (exact) mass is 596 g/mol. The number of hydrogen-bond donors (Lipinski definition) is 2. The number of amides is 2. The maximum absolute atomic E-state index is 12.4. The summed E-state index contributed by atoms with van der Waals surface area (Å²) in [5.41, 5.74) is 2.18. The Morgan fingerprint density at radius 1 is 0.938 bits per heavy atom. The fraction of sp³-hybridized carbons (Fsp3) is 0.0435. The standard InChI is InChI=1S/C23H16Br2Cl2N2O3/c1-32-22-13(10-14(24)11-19(22)25)2-9-21(30)28-16-4-6-17(7-5-16)29-23(31)18-8-3-15(26)12-20(18)27/h2-12H,1H3,(H,28,30)(H,29,31). The first kappa shape index (κ1) is 24.3. The van der Waals surface area contributed by atoms with E-state index in [9.17, 15) is 9.59 Å². The van der Waals surface area contributed by atoms with E-state index in [-0.39, 0.29) is 16.8 Å². The second-order valence-corrected chi connectivity index (χ2v) is 9.10. The average molecular weight is 599 g/mol. The van der Waals surface area contributed by atoms with Gasteiger partial charge in [-0.1, -0.05) is 39.1 Å². The summed E-state index contributed by atoms with van der Waals surface area (Å²) in [6.45, 7) is 0. The van der Waals surface area contributed by atoms with Crippen molar-refractivity contribution >= 4 is 84.3 Å². The summed E-state index contributed by atoms with van der Waals surface area (Å²) in [6, 6.07) is 15.1. The van der Waals surface area contributed by atoms with E-state index in [1.807, 2.05) is 12.1 Å². The summed E-state index contributed by atoms with van der Waals surface area (Å²) in [7, 11) is 1.56. The number of benzene rings is 3. The van der Waals surface area contributed by atoms with Gasteiger partial charge in [0.25, 0.3) is 5.91 Å². The summed E-state index contributed by atoms with van der Waals surface area (Å²) < 4.78 is 6.99. The SMILES string of the molecule is COc1c(Br)cc(Br)cc1C=CC(=O)Nc1ccc(NC(=O)c2ccc(Cl)cc2Cl)cc1. The number of carbonyl (C=O) groups excluding carboxylic acids is 2. The van der Waals surface area contributed by atoms with Crippen molar-refractivity contribution in [3.8, 4) is 5.75 Å². The minimum Gasteiger partial charge on any atom is -0.495 e. The summed E-state index contributed by atoms with van der Waals surface area (Å²) in [4.78, 5) is 24.7. The number of anilines is 2. The lowest BCUT2D eigenvalue weighted by Crippen LogP contribution is -2.12. The molecule has 2 N–H and O–H groups in total. The first-order valence-corrected chi connectivity index (χ1v) is 11.5. The number of halogens is 4. The molecule has 0 unspecified atom stereocenters. The van der Waals surface area contributed by atoms with E-state index < -0.39 is 0 Å². The lowest BCUT2D eigenvalue weighted by molar-refractivity contribution is -0.111. The molecule has 0 saturated heterocycles. The molecule has 3 rings (SSSR count). The largest absolute Gasteiger partial charge is 0.495 e. The molecule has 9 heteroatoms. The van der Waals surface area contributed by atoms with Crippen molar-refractivity contribution in [2.45, 2.75) is 0 Å². The van der Waals surface area contributed by atoms with Gasteiger partial charge in [0.1, 0.15) is 5.75 Å². The van der Waals surface area contributed by atoms with Crippen LogP contribution in [0.3, 0.4) is 0 Å². The van der Waals surface area contributed by atoms with Crippen molar-refractivity contribution < 1.29 is 14.3 Å². The van der Waals surface area contributed by atoms with Crippen LogP contribution < -0.4 is 15.4 Å². The molecule has 3 aromatic rings. The fourth-order valence-electron chi connectivity index (χ4n) is 2.78. The second kappa shape index (κ2) is 11.0. The Morgan fingerprint density at radius 3 is 2.22 bits per heavy atom. The molecule has 0 spiro atoms. The minimum atomic E-state index is -0.361. The Labute approximate surface area is 212 Å². The summed E-state index contributed by atoms with van der Waals surface area (Å²) in [5.74, 6) is -0.0495. The van der Waals surface area contributed by atoms with Gasteiger partial charge in [-0.25, -0.2) is 0 Å². The van der Waals surface area contributed by atoms with Gasteiger partial charge in [-0.05, 0) is 76.6 Å². The van der Waals surface area contributed by atoms with Crippen LogP contribution >= 0.6 is 55.1 Å². The number of methoxy groups -OCH3 is 1. The van der Waals surface area contributed by atoms with Crippen molar-refractivity contribution in [2.75, 3.05) is 17.7 Å². The van der Waals surface area contributed by atoms with Crippen LogP contribution in [0.1, 0.15) is 15.9 Å². The van der Waals surface area contributed by atoms with E-state index >= 15 is 0 Å². The molecule has 164 valence electrons. The highest BCUT2D eigenvalue weighted by atomic mass is 79.9. The van der Waals surface area contributed by atoms with Gasteiger partial charge < -0.3 is 15.4 Å². The topological polar surface area (TPSA) is 67.4 Å². The highest BCUT2D eigenvalue weighted by Crippen LogP contribution is 2.33. The third kappa shape index (κ3) is 6.36. The van der Waals surface area contributed by atoms with Crippen molar-refractivity contribution in [1.82, 2.24) is 0 Å². The van der Waals surface area contributed by atoms with Gasteiger partial charge in [-0.3, -0.25) is 9.59 Å². The smallest absolute Gasteiger partial charge is 0.257 e. The quantitative estimate of drug-likeness (QED) is 0.290. The van der Waals surface area contributed by atoms with Crippen molar-refractivity contribution in [2.24, 2.45) is 0 Å². The maximum Gasteiger partial charge on any atom is 0.257 e. The Hall–Kier alpha value is -2.32. The molecule has 2 amide bonds. The van der Waals surface area contributed by atoms with Gasteiger partial charge in [-0.2, -0.15) is 0 Å². The van der Waals surface area contributed by atoms with Crippen LogP contribution in [0.4, 0.5) is 11.4 Å².